The number of methoxy groups -OCH3 is 1. The van der Waals surface area contributed by atoms with E-state index in [-0.39, 0.29) is 18.0 Å². The number of rotatable bonds is 8. The molecule has 0 heterocycles. The number of halogens is 1. The number of hydrogen-bond acceptors (Lipinski definition) is 5. The van der Waals surface area contributed by atoms with Gasteiger partial charge in [0.2, 0.25) is 5.91 Å². The lowest BCUT2D eigenvalue weighted by Gasteiger charge is -2.08. The average molecular weight is 302 g/mol. The highest BCUT2D eigenvalue weighted by molar-refractivity contribution is 6.30. The Kier molecular flexibility index (Phi) is 6.75. The maximum Gasteiger partial charge on any atom is 0.293 e. The molecule has 1 amide bonds. The molecular weight excluding hydrogens is 286 g/mol. The summed E-state index contributed by atoms with van der Waals surface area (Å²) < 4.78 is 4.80. The van der Waals surface area contributed by atoms with Gasteiger partial charge in [-0.2, -0.15) is 0 Å². The number of carbonyl (C=O) groups is 1. The van der Waals surface area contributed by atoms with Crippen LogP contribution < -0.4 is 10.6 Å². The number of carbonyl (C=O) groups excluding carboxylic acids is 1. The quantitative estimate of drug-likeness (QED) is 0.434. The van der Waals surface area contributed by atoms with E-state index >= 15 is 0 Å². The minimum atomic E-state index is -0.521. The van der Waals surface area contributed by atoms with Crippen molar-refractivity contribution in [3.63, 3.8) is 0 Å². The van der Waals surface area contributed by atoms with Crippen molar-refractivity contribution < 1.29 is 14.5 Å². The molecule has 1 rings (SSSR count). The van der Waals surface area contributed by atoms with Crippen molar-refractivity contribution in [2.24, 2.45) is 0 Å². The molecule has 0 bridgehead atoms. The highest BCUT2D eigenvalue weighted by Crippen LogP contribution is 2.27. The second kappa shape index (κ2) is 8.34. The van der Waals surface area contributed by atoms with Crippen LogP contribution in [-0.4, -0.2) is 37.6 Å². The summed E-state index contributed by atoms with van der Waals surface area (Å²) in [5.74, 6) is -0.147. The first-order valence-corrected chi connectivity index (χ1v) is 6.36. The van der Waals surface area contributed by atoms with Gasteiger partial charge in [0.05, 0.1) is 11.5 Å². The van der Waals surface area contributed by atoms with Gasteiger partial charge < -0.3 is 15.4 Å². The number of benzene rings is 1. The van der Waals surface area contributed by atoms with E-state index in [2.05, 4.69) is 10.6 Å². The molecule has 1 aromatic carbocycles. The van der Waals surface area contributed by atoms with Crippen molar-refractivity contribution >= 4 is 28.9 Å². The Morgan fingerprint density at radius 1 is 1.45 bits per heavy atom. The molecule has 0 radical (unpaired) electrons. The minimum absolute atomic E-state index is 0.114. The van der Waals surface area contributed by atoms with Gasteiger partial charge in [-0.15, -0.1) is 0 Å². The van der Waals surface area contributed by atoms with Gasteiger partial charge in [-0.25, -0.2) is 0 Å². The molecule has 7 nitrogen and oxygen atoms in total. The Bertz CT molecular complexity index is 482. The molecule has 1 aromatic rings. The Balaban J connectivity index is 2.46. The number of hydrogen-bond donors (Lipinski definition) is 2. The van der Waals surface area contributed by atoms with Gasteiger partial charge >= 0.3 is 0 Å². The third kappa shape index (κ3) is 5.41. The van der Waals surface area contributed by atoms with Crippen LogP contribution in [0.4, 0.5) is 11.4 Å². The van der Waals surface area contributed by atoms with Gasteiger partial charge in [0.1, 0.15) is 5.69 Å². The zero-order valence-corrected chi connectivity index (χ0v) is 11.8. The lowest BCUT2D eigenvalue weighted by molar-refractivity contribution is -0.383. The third-order valence-electron chi connectivity index (χ3n) is 2.45. The molecule has 0 fully saturated rings. The summed E-state index contributed by atoms with van der Waals surface area (Å²) in [4.78, 5) is 21.8. The summed E-state index contributed by atoms with van der Waals surface area (Å²) in [5, 5.41) is 16.7. The smallest absolute Gasteiger partial charge is 0.293 e. The van der Waals surface area contributed by atoms with Crippen molar-refractivity contribution in [3.05, 3.63) is 33.3 Å². The summed E-state index contributed by atoms with van der Waals surface area (Å²) in [5.41, 5.74) is 0.224. The third-order valence-corrected chi connectivity index (χ3v) is 2.69. The van der Waals surface area contributed by atoms with Crippen LogP contribution in [0, 0.1) is 10.1 Å². The van der Waals surface area contributed by atoms with Crippen LogP contribution >= 0.6 is 11.6 Å². The van der Waals surface area contributed by atoms with E-state index in [4.69, 9.17) is 16.3 Å². The summed E-state index contributed by atoms with van der Waals surface area (Å²) in [6.07, 6.45) is 0.212. The molecule has 0 aliphatic heterocycles. The normalized spacial score (nSPS) is 10.1. The van der Waals surface area contributed by atoms with E-state index in [0.717, 1.165) is 0 Å². The topological polar surface area (TPSA) is 93.5 Å². The Morgan fingerprint density at radius 2 is 2.20 bits per heavy atom. The van der Waals surface area contributed by atoms with Gasteiger partial charge in [-0.3, -0.25) is 14.9 Å². The fourth-order valence-electron chi connectivity index (χ4n) is 1.50. The summed E-state index contributed by atoms with van der Waals surface area (Å²) in [6, 6.07) is 4.33. The summed E-state index contributed by atoms with van der Waals surface area (Å²) in [6.45, 7) is 1.18. The molecule has 0 unspecified atom stereocenters. The zero-order valence-electron chi connectivity index (χ0n) is 11.0. The molecule has 20 heavy (non-hydrogen) atoms. The van der Waals surface area contributed by atoms with E-state index in [1.54, 1.807) is 13.2 Å². The van der Waals surface area contributed by atoms with Crippen molar-refractivity contribution in [1.29, 1.82) is 0 Å². The Labute approximate surface area is 121 Å². The van der Waals surface area contributed by atoms with Crippen LogP contribution in [0.5, 0.6) is 0 Å². The molecule has 110 valence electrons. The number of ether oxygens (including phenoxy) is 1. The number of nitro groups is 1. The largest absolute Gasteiger partial charge is 0.383 e. The van der Waals surface area contributed by atoms with Crippen molar-refractivity contribution in [2.75, 3.05) is 32.1 Å². The first-order valence-electron chi connectivity index (χ1n) is 5.98. The number of nitrogens with one attached hydrogen (secondary N) is 2. The molecule has 0 saturated carbocycles. The van der Waals surface area contributed by atoms with E-state index < -0.39 is 4.92 Å². The number of anilines is 1. The molecule has 0 aliphatic rings. The predicted molar refractivity (Wildman–Crippen MR) is 76.1 cm³/mol. The molecular formula is C12H16ClN3O4. The van der Waals surface area contributed by atoms with Gasteiger partial charge in [-0.1, -0.05) is 11.6 Å². The van der Waals surface area contributed by atoms with E-state index in [9.17, 15) is 14.9 Å². The van der Waals surface area contributed by atoms with Crippen LogP contribution in [0.15, 0.2) is 18.2 Å². The summed E-state index contributed by atoms with van der Waals surface area (Å²) >= 11 is 5.71. The minimum Gasteiger partial charge on any atom is -0.383 e. The molecule has 8 heteroatoms. The molecule has 0 atom stereocenters. The fraction of sp³-hybridized carbons (Fsp3) is 0.417. The lowest BCUT2D eigenvalue weighted by Crippen LogP contribution is -2.28. The first-order chi connectivity index (χ1) is 9.54. The van der Waals surface area contributed by atoms with E-state index in [0.29, 0.717) is 30.4 Å². The zero-order chi connectivity index (χ0) is 15.0. The molecule has 0 aliphatic carbocycles. The van der Waals surface area contributed by atoms with Crippen LogP contribution in [0.3, 0.4) is 0 Å². The van der Waals surface area contributed by atoms with Crippen molar-refractivity contribution in [3.8, 4) is 0 Å². The van der Waals surface area contributed by atoms with Gasteiger partial charge in [0.25, 0.3) is 5.69 Å². The van der Waals surface area contributed by atoms with Gasteiger partial charge in [0.15, 0.2) is 0 Å². The van der Waals surface area contributed by atoms with Gasteiger partial charge in [0, 0.05) is 37.7 Å². The number of nitrogens with zero attached hydrogens (tertiary/aromatic N) is 1. The van der Waals surface area contributed by atoms with Crippen molar-refractivity contribution in [1.82, 2.24) is 5.32 Å². The van der Waals surface area contributed by atoms with E-state index in [1.165, 1.54) is 12.1 Å². The van der Waals surface area contributed by atoms with Crippen LogP contribution in [0.2, 0.25) is 5.02 Å². The van der Waals surface area contributed by atoms with Crippen LogP contribution in [0.25, 0.3) is 0 Å². The molecule has 0 spiro atoms. The standard InChI is InChI=1S/C12H16ClN3O4/c1-20-7-6-15-12(17)4-5-14-10-3-2-9(13)8-11(10)16(18)19/h2-3,8,14H,4-7H2,1H3,(H,15,17). The highest BCUT2D eigenvalue weighted by Gasteiger charge is 2.14. The van der Waals surface area contributed by atoms with Crippen LogP contribution in [0.1, 0.15) is 6.42 Å². The maximum absolute atomic E-state index is 11.4. The SMILES string of the molecule is COCCNC(=O)CCNc1ccc(Cl)cc1[N+](=O)[O-]. The monoisotopic (exact) mass is 301 g/mol. The second-order valence-corrected chi connectivity index (χ2v) is 4.37. The first kappa shape index (κ1) is 16.2. The predicted octanol–water partition coefficient (Wildman–Crippen LogP) is 1.81. The maximum atomic E-state index is 11.4. The van der Waals surface area contributed by atoms with Crippen LogP contribution in [-0.2, 0) is 9.53 Å². The Morgan fingerprint density at radius 3 is 2.85 bits per heavy atom. The highest BCUT2D eigenvalue weighted by atomic mass is 35.5. The summed E-state index contributed by atoms with van der Waals surface area (Å²) in [7, 11) is 1.55. The second-order valence-electron chi connectivity index (χ2n) is 3.94. The van der Waals surface area contributed by atoms with Gasteiger partial charge in [-0.05, 0) is 12.1 Å². The average Bonchev–Trinajstić information content (AvgIpc) is 2.40. The fourth-order valence-corrected chi connectivity index (χ4v) is 1.66. The van der Waals surface area contributed by atoms with Crippen molar-refractivity contribution in [2.45, 2.75) is 6.42 Å². The molecule has 2 N–H and O–H groups in total. The Hall–Kier alpha value is -1.86. The lowest BCUT2D eigenvalue weighted by atomic mass is 10.2. The number of amides is 1. The number of nitro benzene ring substituents is 1. The van der Waals surface area contributed by atoms with E-state index in [1.807, 2.05) is 0 Å². The molecule has 0 aromatic heterocycles. The molecule has 0 saturated heterocycles.